The van der Waals surface area contributed by atoms with Crippen LogP contribution in [0.2, 0.25) is 0 Å². The Labute approximate surface area is 359 Å². The Morgan fingerprint density at radius 1 is 0.228 bits per heavy atom. The molecule has 1 fully saturated rings. The summed E-state index contributed by atoms with van der Waals surface area (Å²) in [6.45, 7) is 19.0. The van der Waals surface area contributed by atoms with Gasteiger partial charge in [0.15, 0.2) is 0 Å². The lowest BCUT2D eigenvalue weighted by atomic mass is 10.1. The van der Waals surface area contributed by atoms with Crippen molar-refractivity contribution in [1.29, 1.82) is 0 Å². The summed E-state index contributed by atoms with van der Waals surface area (Å²) >= 11 is 0. The highest BCUT2D eigenvalue weighted by Crippen LogP contribution is 2.15. The quantitative estimate of drug-likeness (QED) is 0.0570. The molecule has 0 spiro atoms. The predicted octanol–water partition coefficient (Wildman–Crippen LogP) is 14.9. The van der Waals surface area contributed by atoms with Gasteiger partial charge >= 0.3 is 0 Å². The average Bonchev–Trinajstić information content (AvgIpc) is 3.22. The molecule has 0 amide bonds. The van der Waals surface area contributed by atoms with Crippen molar-refractivity contribution in [2.45, 2.75) is 252 Å². The average molecular weight is 808 g/mol. The molecular weight excluding hydrogens is 703 g/mol. The molecule has 1 rings (SSSR count). The maximum atomic E-state index is 6.09. The number of hydrogen-bond donors (Lipinski definition) is 0. The molecule has 0 bridgehead atoms. The van der Waals surface area contributed by atoms with E-state index < -0.39 is 0 Å². The van der Waals surface area contributed by atoms with Gasteiger partial charge in [-0.25, -0.2) is 0 Å². The van der Waals surface area contributed by atoms with Gasteiger partial charge in [-0.05, 0) is 38.5 Å². The second kappa shape index (κ2) is 46.8. The molecule has 0 N–H and O–H groups in total. The highest BCUT2D eigenvalue weighted by Gasteiger charge is 2.22. The Kier molecular flexibility index (Phi) is 45.0. The van der Waals surface area contributed by atoms with Gasteiger partial charge in [0.2, 0.25) is 0 Å². The Balaban J connectivity index is 2.19. The second-order valence-corrected chi connectivity index (χ2v) is 18.1. The number of hydrogen-bond acceptors (Lipinski definition) is 6. The number of unbranched alkanes of at least 4 members (excludes halogenated alkanes) is 30. The third-order valence-electron chi connectivity index (χ3n) is 12.2. The van der Waals surface area contributed by atoms with Crippen LogP contribution in [0.5, 0.6) is 0 Å². The maximum absolute atomic E-state index is 6.09. The minimum absolute atomic E-state index is 0.897. The first kappa shape index (κ1) is 54.8. The van der Waals surface area contributed by atoms with Crippen molar-refractivity contribution < 1.29 is 14.2 Å². The molecule has 342 valence electrons. The van der Waals surface area contributed by atoms with E-state index in [1.54, 1.807) is 0 Å². The molecule has 0 aromatic heterocycles. The first-order chi connectivity index (χ1) is 28.3. The molecule has 1 aliphatic heterocycles. The van der Waals surface area contributed by atoms with Crippen LogP contribution in [0, 0.1) is 0 Å². The van der Waals surface area contributed by atoms with Crippen LogP contribution < -0.4 is 0 Å². The zero-order chi connectivity index (χ0) is 40.8. The lowest BCUT2D eigenvalue weighted by molar-refractivity contribution is -0.0388. The lowest BCUT2D eigenvalue weighted by Gasteiger charge is -2.42. The van der Waals surface area contributed by atoms with E-state index in [2.05, 4.69) is 35.5 Å². The highest BCUT2D eigenvalue weighted by atomic mass is 16.5. The van der Waals surface area contributed by atoms with Crippen LogP contribution >= 0.6 is 0 Å². The van der Waals surface area contributed by atoms with E-state index in [-0.39, 0.29) is 0 Å². The lowest BCUT2D eigenvalue weighted by Crippen LogP contribution is -2.55. The first-order valence-electron chi connectivity index (χ1n) is 26.2. The Morgan fingerprint density at radius 3 is 0.614 bits per heavy atom. The molecule has 0 aliphatic carbocycles. The van der Waals surface area contributed by atoms with Crippen LogP contribution in [-0.2, 0) is 14.2 Å². The molecule has 57 heavy (non-hydrogen) atoms. The van der Waals surface area contributed by atoms with Crippen molar-refractivity contribution in [2.75, 3.05) is 79.3 Å². The molecule has 1 saturated heterocycles. The van der Waals surface area contributed by atoms with Gasteiger partial charge in [0.1, 0.15) is 0 Å². The SMILES string of the molecule is CCCCCCCCCCCCCOCCCN1CN(CCCOCCCCCCCCCCCCC)CN(CCCOCCCCCCCCCCCCC)C1. The standard InChI is InChI=1S/C51H105N3O3/c1-4-7-10-13-16-19-22-25-28-31-34-43-55-46-37-40-52-49-53(41-38-47-56-44-35-32-29-26-23-20-17-14-11-8-5-2)51-54(50-52)42-39-48-57-45-36-33-30-27-24-21-18-15-12-9-6-3/h4-51H2,1-3H3. The Bertz CT molecular complexity index is 641. The normalized spacial score (nSPS) is 14.4. The van der Waals surface area contributed by atoms with Crippen molar-refractivity contribution >= 4 is 0 Å². The molecular formula is C51H105N3O3. The largest absolute Gasteiger partial charge is 0.381 e. The monoisotopic (exact) mass is 808 g/mol. The molecule has 6 heteroatoms. The van der Waals surface area contributed by atoms with Crippen LogP contribution in [0.25, 0.3) is 0 Å². The highest BCUT2D eigenvalue weighted by molar-refractivity contribution is 4.70. The van der Waals surface area contributed by atoms with Gasteiger partial charge in [0, 0.05) is 59.3 Å². The smallest absolute Gasteiger partial charge is 0.0530 e. The van der Waals surface area contributed by atoms with Crippen LogP contribution in [0.1, 0.15) is 252 Å². The van der Waals surface area contributed by atoms with Crippen molar-refractivity contribution in [3.05, 3.63) is 0 Å². The van der Waals surface area contributed by atoms with Crippen molar-refractivity contribution in [3.8, 4) is 0 Å². The second-order valence-electron chi connectivity index (χ2n) is 18.1. The molecule has 0 aromatic carbocycles. The maximum Gasteiger partial charge on any atom is 0.0530 e. The molecule has 1 aliphatic rings. The van der Waals surface area contributed by atoms with E-state index in [4.69, 9.17) is 14.2 Å². The molecule has 0 saturated carbocycles. The third-order valence-corrected chi connectivity index (χ3v) is 12.2. The summed E-state index contributed by atoms with van der Waals surface area (Å²) in [6.07, 6.45) is 49.3. The van der Waals surface area contributed by atoms with Gasteiger partial charge in [0.05, 0.1) is 20.0 Å². The van der Waals surface area contributed by atoms with E-state index >= 15 is 0 Å². The summed E-state index contributed by atoms with van der Waals surface area (Å²) in [5.41, 5.74) is 0. The summed E-state index contributed by atoms with van der Waals surface area (Å²) in [5, 5.41) is 0. The Morgan fingerprint density at radius 2 is 0.404 bits per heavy atom. The minimum Gasteiger partial charge on any atom is -0.381 e. The van der Waals surface area contributed by atoms with Crippen LogP contribution in [0.3, 0.4) is 0 Å². The van der Waals surface area contributed by atoms with E-state index in [9.17, 15) is 0 Å². The van der Waals surface area contributed by atoms with E-state index in [1.807, 2.05) is 0 Å². The predicted molar refractivity (Wildman–Crippen MR) is 250 cm³/mol. The first-order valence-corrected chi connectivity index (χ1v) is 26.2. The van der Waals surface area contributed by atoms with Crippen molar-refractivity contribution in [1.82, 2.24) is 14.7 Å². The van der Waals surface area contributed by atoms with Gasteiger partial charge in [-0.1, -0.05) is 213 Å². The molecule has 0 atom stereocenters. The summed E-state index contributed by atoms with van der Waals surface area (Å²) in [4.78, 5) is 7.94. The fraction of sp³-hybridized carbons (Fsp3) is 1.00. The topological polar surface area (TPSA) is 37.4 Å². The van der Waals surface area contributed by atoms with Crippen molar-refractivity contribution in [2.24, 2.45) is 0 Å². The number of ether oxygens (including phenoxy) is 3. The van der Waals surface area contributed by atoms with Gasteiger partial charge in [-0.2, -0.15) is 0 Å². The van der Waals surface area contributed by atoms with Crippen LogP contribution in [0.15, 0.2) is 0 Å². The number of rotatable bonds is 48. The van der Waals surface area contributed by atoms with Crippen LogP contribution in [0.4, 0.5) is 0 Å². The van der Waals surface area contributed by atoms with Crippen LogP contribution in [-0.4, -0.2) is 94.0 Å². The van der Waals surface area contributed by atoms with Crippen molar-refractivity contribution in [3.63, 3.8) is 0 Å². The zero-order valence-corrected chi connectivity index (χ0v) is 39.5. The fourth-order valence-corrected chi connectivity index (χ4v) is 8.49. The van der Waals surface area contributed by atoms with Gasteiger partial charge < -0.3 is 14.2 Å². The van der Waals surface area contributed by atoms with Gasteiger partial charge in [-0.15, -0.1) is 0 Å². The Hall–Kier alpha value is -0.240. The third kappa shape index (κ3) is 40.9. The summed E-state index contributed by atoms with van der Waals surface area (Å²) in [5.74, 6) is 0. The fourth-order valence-electron chi connectivity index (χ4n) is 8.49. The van der Waals surface area contributed by atoms with Gasteiger partial charge in [-0.3, -0.25) is 14.7 Å². The molecule has 0 radical (unpaired) electrons. The molecule has 0 aromatic rings. The molecule has 6 nitrogen and oxygen atoms in total. The van der Waals surface area contributed by atoms with E-state index in [1.165, 1.54) is 212 Å². The van der Waals surface area contributed by atoms with Gasteiger partial charge in [0.25, 0.3) is 0 Å². The summed E-state index contributed by atoms with van der Waals surface area (Å²) in [7, 11) is 0. The van der Waals surface area contributed by atoms with E-state index in [0.717, 1.165) is 98.5 Å². The molecule has 0 unspecified atom stereocenters. The zero-order valence-electron chi connectivity index (χ0n) is 39.5. The minimum atomic E-state index is 0.897. The van der Waals surface area contributed by atoms with E-state index in [0.29, 0.717) is 0 Å². The summed E-state index contributed by atoms with van der Waals surface area (Å²) < 4.78 is 18.3. The number of nitrogens with zero attached hydrogens (tertiary/aromatic N) is 3. The molecule has 1 heterocycles. The summed E-state index contributed by atoms with van der Waals surface area (Å²) in [6, 6.07) is 0.